The average molecular weight is 1650 g/mol. The van der Waals surface area contributed by atoms with E-state index in [-0.39, 0.29) is 19.3 Å². The zero-order chi connectivity index (χ0) is 83.6. The molecule has 0 aromatic heterocycles. The van der Waals surface area contributed by atoms with E-state index in [1.54, 1.807) is 0 Å². The molecular weight excluding hydrogens is 1480 g/mol. The van der Waals surface area contributed by atoms with Crippen LogP contribution in [0.2, 0.25) is 0 Å². The van der Waals surface area contributed by atoms with Crippen molar-refractivity contribution in [2.24, 2.45) is 0 Å². The molecule has 0 bridgehead atoms. The smallest absolute Gasteiger partial charge is 0.463 e. The van der Waals surface area contributed by atoms with Gasteiger partial charge in [0.15, 0.2) is 6.10 Å². The van der Waals surface area contributed by atoms with Crippen LogP contribution in [-0.4, -0.2) is 95.9 Å². The summed E-state index contributed by atoms with van der Waals surface area (Å²) in [7, 11) is -9.81. The zero-order valence-electron chi connectivity index (χ0n) is 73.2. The molecule has 4 N–H and O–H groups in total. The molecule has 0 aromatic rings. The van der Waals surface area contributed by atoms with Crippen LogP contribution in [0.3, 0.4) is 0 Å². The van der Waals surface area contributed by atoms with Gasteiger partial charge < -0.3 is 34.2 Å². The van der Waals surface area contributed by atoms with Gasteiger partial charge in [-0.05, 0) is 148 Å². The Morgan fingerprint density at radius 2 is 0.435 bits per heavy atom. The monoisotopic (exact) mass is 1650 g/mol. The number of carbonyl (C=O) groups excluding carboxylic acids is 3. The fourth-order valence-electron chi connectivity index (χ4n) is 12.7. The molecule has 0 radical (unpaired) electrons. The summed E-state index contributed by atoms with van der Waals surface area (Å²) in [6.45, 7) is 2.64. The molecule has 0 aliphatic heterocycles. The molecule has 0 saturated heterocycles. The summed E-state index contributed by atoms with van der Waals surface area (Å²) in [6, 6.07) is 0. The minimum absolute atomic E-state index is 0.0887. The first-order valence-corrected chi connectivity index (χ1v) is 49.5. The van der Waals surface area contributed by atoms with Gasteiger partial charge in [0.05, 0.1) is 26.4 Å². The van der Waals surface area contributed by atoms with Gasteiger partial charge in [-0.2, -0.15) is 0 Å². The third-order valence-electron chi connectivity index (χ3n) is 19.8. The first kappa shape index (κ1) is 111. The Labute approximate surface area is 703 Å². The van der Waals surface area contributed by atoms with Crippen LogP contribution < -0.4 is 0 Å². The Morgan fingerprint density at radius 3 is 0.687 bits per heavy atom. The lowest BCUT2D eigenvalue weighted by Crippen LogP contribution is -2.30. The number of rotatable bonds is 88. The molecule has 18 heteroatoms. The fraction of sp³-hybridized carbons (Fsp3) is 0.742. The van der Waals surface area contributed by atoms with Crippen molar-refractivity contribution in [1.82, 2.24) is 0 Å². The normalized spacial score (nSPS) is 14.4. The number of phosphoric ester groups is 2. The van der Waals surface area contributed by atoms with E-state index in [1.165, 1.54) is 199 Å². The summed E-state index contributed by atoms with van der Waals surface area (Å²) in [5.74, 6) is -1.58. The van der Waals surface area contributed by atoms with Gasteiger partial charge >= 0.3 is 33.6 Å². The van der Waals surface area contributed by atoms with Crippen molar-refractivity contribution in [3.05, 3.63) is 134 Å². The van der Waals surface area contributed by atoms with E-state index >= 15 is 0 Å². The van der Waals surface area contributed by atoms with Gasteiger partial charge in [-0.25, -0.2) is 9.13 Å². The molecule has 115 heavy (non-hydrogen) atoms. The number of allylic oxidation sites excluding steroid dienone is 22. The second-order valence-electron chi connectivity index (χ2n) is 31.1. The minimum Gasteiger partial charge on any atom is -0.463 e. The van der Waals surface area contributed by atoms with Gasteiger partial charge in [-0.15, -0.1) is 0 Å². The van der Waals surface area contributed by atoms with Gasteiger partial charge in [0, 0.05) is 19.3 Å². The van der Waals surface area contributed by atoms with Crippen molar-refractivity contribution in [1.29, 1.82) is 0 Å². The molecule has 0 saturated carbocycles. The van der Waals surface area contributed by atoms with Crippen molar-refractivity contribution in [2.45, 2.75) is 424 Å². The Morgan fingerprint density at radius 1 is 0.243 bits per heavy atom. The Hall–Kier alpha value is -4.31. The second-order valence-corrected chi connectivity index (χ2v) is 34.0. The Bertz CT molecular complexity index is 2620. The maximum absolute atomic E-state index is 13.1. The molecule has 0 amide bonds. The molecule has 0 aliphatic carbocycles. The van der Waals surface area contributed by atoms with E-state index < -0.39 is 91.5 Å². The van der Waals surface area contributed by atoms with E-state index in [0.717, 1.165) is 148 Å². The topological polar surface area (TPSA) is 231 Å². The fourth-order valence-corrected chi connectivity index (χ4v) is 14.3. The molecule has 5 unspecified atom stereocenters. The van der Waals surface area contributed by atoms with Crippen LogP contribution in [-0.2, 0) is 55.8 Å². The average Bonchev–Trinajstić information content (AvgIpc) is 0.896. The summed E-state index contributed by atoms with van der Waals surface area (Å²) >= 11 is 0. The second kappa shape index (κ2) is 89.0. The predicted octanol–water partition coefficient (Wildman–Crippen LogP) is 28.6. The molecule has 0 aromatic carbocycles. The van der Waals surface area contributed by atoms with Crippen molar-refractivity contribution < 1.29 is 75.8 Å². The highest BCUT2D eigenvalue weighted by molar-refractivity contribution is 7.47. The lowest BCUT2D eigenvalue weighted by Gasteiger charge is -2.21. The molecule has 0 aliphatic rings. The summed E-state index contributed by atoms with van der Waals surface area (Å²) in [5.41, 5.74) is 0. The number of aliphatic hydroxyl groups is 2. The first-order chi connectivity index (χ1) is 56.2. The number of esters is 3. The van der Waals surface area contributed by atoms with Gasteiger partial charge in [0.25, 0.3) is 0 Å². The summed E-state index contributed by atoms with van der Waals surface area (Å²) in [6.07, 6.45) is 111. The molecule has 0 fully saturated rings. The third-order valence-corrected chi connectivity index (χ3v) is 21.7. The van der Waals surface area contributed by atoms with Gasteiger partial charge in [-0.1, -0.05) is 373 Å². The number of hydrogen-bond acceptors (Lipinski definition) is 14. The van der Waals surface area contributed by atoms with Crippen LogP contribution in [0.15, 0.2) is 134 Å². The SMILES string of the molecule is CCCCC/C=C\C/C=C\C/C=C\C/C=C\CCCCCCCCCCCCCCCCCC(=O)OCC(O)COP(=O)(O)OCC(O)COP(=O)(O)OCC(COC(=O)CCCCCCCCCCCCCCC/C=C\C/C=C\C/C=C\C/C=C\CCCCC)OC(=O)CCCCCCCC/C=C\C/C=C\C/C=C\CCCCC. The Balaban J connectivity index is 4.55. The van der Waals surface area contributed by atoms with Gasteiger partial charge in [0.2, 0.25) is 0 Å². The number of hydrogen-bond donors (Lipinski definition) is 4. The van der Waals surface area contributed by atoms with E-state index in [9.17, 15) is 43.5 Å². The molecular formula is C97H170O16P2. The molecule has 0 rings (SSSR count). The molecule has 664 valence electrons. The van der Waals surface area contributed by atoms with Crippen molar-refractivity contribution in [2.75, 3.05) is 39.6 Å². The minimum atomic E-state index is -4.94. The zero-order valence-corrected chi connectivity index (χ0v) is 75.0. The number of carbonyl (C=O) groups is 3. The van der Waals surface area contributed by atoms with E-state index in [0.29, 0.717) is 19.3 Å². The lowest BCUT2D eigenvalue weighted by atomic mass is 10.0. The van der Waals surface area contributed by atoms with Crippen molar-refractivity contribution in [3.63, 3.8) is 0 Å². The van der Waals surface area contributed by atoms with Crippen LogP contribution in [0, 0.1) is 0 Å². The Kier molecular flexibility index (Phi) is 85.6. The van der Waals surface area contributed by atoms with Crippen LogP contribution in [0.4, 0.5) is 0 Å². The highest BCUT2D eigenvalue weighted by atomic mass is 31.2. The van der Waals surface area contributed by atoms with Crippen LogP contribution in [0.25, 0.3) is 0 Å². The molecule has 16 nitrogen and oxygen atoms in total. The lowest BCUT2D eigenvalue weighted by molar-refractivity contribution is -0.161. The van der Waals surface area contributed by atoms with E-state index in [4.69, 9.17) is 32.3 Å². The maximum atomic E-state index is 13.1. The van der Waals surface area contributed by atoms with Crippen molar-refractivity contribution >= 4 is 33.6 Å². The van der Waals surface area contributed by atoms with Crippen LogP contribution in [0.5, 0.6) is 0 Å². The molecule has 0 spiro atoms. The summed E-state index contributed by atoms with van der Waals surface area (Å²) in [5, 5.41) is 20.7. The quantitative estimate of drug-likeness (QED) is 0.0146. The standard InChI is InChI=1S/C97H170O16P2/c1-4-7-10-13-16-19-22-25-28-31-34-36-38-40-42-44-45-47-49-50-52-54-57-59-62-65-68-71-74-77-80-83-95(100)107-86-92(98)87-109-114(103,104)110-88-93(99)89-111-115(105,106)112-91-94(113-97(102)85-82-79-76-73-70-67-64-61-56-33-30-27-24-21-18-15-12-9-6-3)90-108-96(101)84-81-78-75-72-69-66-63-60-58-55-53-51-48-46-43-41-39-37-35-32-29-26-23-20-17-14-11-8-5-2/h16-21,25-30,34-37,40-43,56,61,92-94,98-99H,4-15,22-24,31-33,38-39,44-55,57-60,62-91H2,1-3H3,(H,103,104)(H,105,106)/b19-16-,20-17-,21-18-,28-25-,29-26-,30-27-,36-34-,37-35-,42-40-,43-41-,61-56-. The third kappa shape index (κ3) is 90.3. The largest absolute Gasteiger partial charge is 0.472 e. The molecule has 0 heterocycles. The summed E-state index contributed by atoms with van der Waals surface area (Å²) in [4.78, 5) is 59.0. The number of unbranched alkanes of at least 4 members (excludes halogenated alkanes) is 43. The number of phosphoric acid groups is 2. The first-order valence-electron chi connectivity index (χ1n) is 46.5. The van der Waals surface area contributed by atoms with E-state index in [2.05, 4.69) is 154 Å². The highest BCUT2D eigenvalue weighted by Gasteiger charge is 2.29. The predicted molar refractivity (Wildman–Crippen MR) is 482 cm³/mol. The summed E-state index contributed by atoms with van der Waals surface area (Å²) < 4.78 is 61.5. The highest BCUT2D eigenvalue weighted by Crippen LogP contribution is 2.45. The van der Waals surface area contributed by atoms with Crippen molar-refractivity contribution in [3.8, 4) is 0 Å². The maximum Gasteiger partial charge on any atom is 0.472 e. The van der Waals surface area contributed by atoms with Crippen LogP contribution >= 0.6 is 15.6 Å². The number of aliphatic hydroxyl groups excluding tert-OH is 2. The van der Waals surface area contributed by atoms with Gasteiger partial charge in [-0.3, -0.25) is 32.5 Å². The molecule has 5 atom stereocenters. The van der Waals surface area contributed by atoms with Gasteiger partial charge in [0.1, 0.15) is 25.4 Å². The van der Waals surface area contributed by atoms with E-state index in [1.807, 2.05) is 0 Å². The van der Waals surface area contributed by atoms with Crippen LogP contribution in [0.1, 0.15) is 406 Å². The number of ether oxygens (including phenoxy) is 3.